The second-order valence-corrected chi connectivity index (χ2v) is 4.01. The molecule has 0 atom stereocenters. The van der Waals surface area contributed by atoms with Gasteiger partial charge in [0.25, 0.3) is 5.69 Å². The number of benzene rings is 1. The van der Waals surface area contributed by atoms with Crippen LogP contribution < -0.4 is 5.32 Å². The van der Waals surface area contributed by atoms with E-state index in [9.17, 15) is 19.7 Å². The molecule has 0 saturated heterocycles. The Balaban J connectivity index is 2.39. The highest BCUT2D eigenvalue weighted by Crippen LogP contribution is 2.12. The molecule has 0 aliphatic carbocycles. The van der Waals surface area contributed by atoms with Gasteiger partial charge in [-0.2, -0.15) is 0 Å². The third-order valence-electron chi connectivity index (χ3n) is 2.47. The predicted molar refractivity (Wildman–Crippen MR) is 70.8 cm³/mol. The molecule has 7 heteroatoms. The van der Waals surface area contributed by atoms with Crippen LogP contribution in [0.1, 0.15) is 25.3 Å². The van der Waals surface area contributed by atoms with Gasteiger partial charge in [0, 0.05) is 25.1 Å². The number of carbonyl (C=O) groups is 2. The first-order valence-corrected chi connectivity index (χ1v) is 6.18. The van der Waals surface area contributed by atoms with Crippen molar-refractivity contribution in [3.63, 3.8) is 0 Å². The van der Waals surface area contributed by atoms with Crippen molar-refractivity contribution < 1.29 is 19.2 Å². The molecule has 108 valence electrons. The Kier molecular flexibility index (Phi) is 6.15. The van der Waals surface area contributed by atoms with Crippen molar-refractivity contribution in [2.75, 3.05) is 6.61 Å². The topological polar surface area (TPSA) is 98.5 Å². The number of amides is 1. The van der Waals surface area contributed by atoms with Crippen LogP contribution in [0.2, 0.25) is 0 Å². The molecule has 0 aliphatic heterocycles. The van der Waals surface area contributed by atoms with Gasteiger partial charge in [-0.3, -0.25) is 19.7 Å². The lowest BCUT2D eigenvalue weighted by Gasteiger charge is -2.05. The van der Waals surface area contributed by atoms with Gasteiger partial charge < -0.3 is 10.1 Å². The number of rotatable bonds is 7. The molecule has 0 spiro atoms. The molecular formula is C13H16N2O5. The normalized spacial score (nSPS) is 9.85. The Labute approximate surface area is 116 Å². The highest BCUT2D eigenvalue weighted by molar-refractivity contribution is 5.81. The van der Waals surface area contributed by atoms with E-state index in [4.69, 9.17) is 4.74 Å². The van der Waals surface area contributed by atoms with Gasteiger partial charge in [0.05, 0.1) is 18.0 Å². The van der Waals surface area contributed by atoms with Gasteiger partial charge in [0.1, 0.15) is 0 Å². The Morgan fingerprint density at radius 3 is 2.75 bits per heavy atom. The summed E-state index contributed by atoms with van der Waals surface area (Å²) in [6.07, 6.45) is 0.0579. The lowest BCUT2D eigenvalue weighted by molar-refractivity contribution is -0.384. The molecule has 1 rings (SSSR count). The molecule has 0 fully saturated rings. The Hall–Kier alpha value is -2.44. The number of carbonyl (C=O) groups excluding carboxylic acids is 2. The van der Waals surface area contributed by atoms with Gasteiger partial charge >= 0.3 is 5.97 Å². The zero-order chi connectivity index (χ0) is 15.0. The van der Waals surface area contributed by atoms with Crippen LogP contribution in [0.25, 0.3) is 0 Å². The van der Waals surface area contributed by atoms with Crippen molar-refractivity contribution >= 4 is 17.6 Å². The van der Waals surface area contributed by atoms with E-state index >= 15 is 0 Å². The number of hydrogen-bond donors (Lipinski definition) is 1. The number of non-ortho nitro benzene ring substituents is 1. The maximum atomic E-state index is 11.5. The quantitative estimate of drug-likeness (QED) is 0.464. The molecule has 1 N–H and O–H groups in total. The molecule has 0 bridgehead atoms. The van der Waals surface area contributed by atoms with Crippen molar-refractivity contribution in [3.05, 3.63) is 39.9 Å². The minimum absolute atomic E-state index is 0.0224. The van der Waals surface area contributed by atoms with Crippen LogP contribution in [-0.2, 0) is 20.9 Å². The van der Waals surface area contributed by atoms with E-state index < -0.39 is 10.9 Å². The SMILES string of the molecule is CCOC(=O)CCC(=O)NCc1cccc([N+](=O)[O-])c1. The van der Waals surface area contributed by atoms with E-state index in [1.54, 1.807) is 19.1 Å². The average molecular weight is 280 g/mol. The number of ether oxygens (including phenoxy) is 1. The van der Waals surface area contributed by atoms with Gasteiger partial charge in [-0.25, -0.2) is 0 Å². The van der Waals surface area contributed by atoms with E-state index in [-0.39, 0.29) is 37.6 Å². The molecule has 0 unspecified atom stereocenters. The average Bonchev–Trinajstić information content (AvgIpc) is 2.43. The predicted octanol–water partition coefficient (Wildman–Crippen LogP) is 1.55. The van der Waals surface area contributed by atoms with Crippen molar-refractivity contribution in [3.8, 4) is 0 Å². The van der Waals surface area contributed by atoms with Crippen LogP contribution in [0, 0.1) is 10.1 Å². The summed E-state index contributed by atoms with van der Waals surface area (Å²) in [5, 5.41) is 13.2. The summed E-state index contributed by atoms with van der Waals surface area (Å²) in [5.74, 6) is -0.720. The summed E-state index contributed by atoms with van der Waals surface area (Å²) in [6.45, 7) is 2.16. The number of nitrogens with one attached hydrogen (secondary N) is 1. The molecule has 1 aromatic rings. The molecular weight excluding hydrogens is 264 g/mol. The van der Waals surface area contributed by atoms with Gasteiger partial charge in [-0.05, 0) is 12.5 Å². The Morgan fingerprint density at radius 1 is 1.35 bits per heavy atom. The van der Waals surface area contributed by atoms with E-state index in [1.165, 1.54) is 12.1 Å². The maximum Gasteiger partial charge on any atom is 0.306 e. The van der Waals surface area contributed by atoms with Crippen LogP contribution in [0.15, 0.2) is 24.3 Å². The van der Waals surface area contributed by atoms with E-state index in [0.717, 1.165) is 0 Å². The standard InChI is InChI=1S/C13H16N2O5/c1-2-20-13(17)7-6-12(16)14-9-10-4-3-5-11(8-10)15(18)19/h3-5,8H,2,6-7,9H2,1H3,(H,14,16). The Morgan fingerprint density at radius 2 is 2.10 bits per heavy atom. The van der Waals surface area contributed by atoms with Crippen molar-refractivity contribution in [1.82, 2.24) is 5.32 Å². The first-order chi connectivity index (χ1) is 9.52. The lowest BCUT2D eigenvalue weighted by atomic mass is 10.2. The van der Waals surface area contributed by atoms with E-state index in [1.807, 2.05) is 0 Å². The van der Waals surface area contributed by atoms with Crippen molar-refractivity contribution in [1.29, 1.82) is 0 Å². The molecule has 1 aromatic carbocycles. The van der Waals surface area contributed by atoms with Crippen LogP contribution in [-0.4, -0.2) is 23.4 Å². The van der Waals surface area contributed by atoms with Gasteiger partial charge in [0.2, 0.25) is 5.91 Å². The summed E-state index contributed by atoms with van der Waals surface area (Å²) in [4.78, 5) is 32.7. The summed E-state index contributed by atoms with van der Waals surface area (Å²) >= 11 is 0. The minimum Gasteiger partial charge on any atom is -0.466 e. The number of nitro benzene ring substituents is 1. The first kappa shape index (κ1) is 15.6. The molecule has 0 aromatic heterocycles. The van der Waals surface area contributed by atoms with Crippen molar-refractivity contribution in [2.24, 2.45) is 0 Å². The lowest BCUT2D eigenvalue weighted by Crippen LogP contribution is -2.23. The van der Waals surface area contributed by atoms with Crippen LogP contribution >= 0.6 is 0 Å². The minimum atomic E-state index is -0.494. The molecule has 1 amide bonds. The molecule has 0 saturated carbocycles. The largest absolute Gasteiger partial charge is 0.466 e. The highest BCUT2D eigenvalue weighted by atomic mass is 16.6. The summed E-state index contributed by atoms with van der Waals surface area (Å²) in [7, 11) is 0. The maximum absolute atomic E-state index is 11.5. The van der Waals surface area contributed by atoms with Gasteiger partial charge in [-0.15, -0.1) is 0 Å². The zero-order valence-electron chi connectivity index (χ0n) is 11.1. The number of hydrogen-bond acceptors (Lipinski definition) is 5. The van der Waals surface area contributed by atoms with Crippen LogP contribution in [0.4, 0.5) is 5.69 Å². The number of nitro groups is 1. The van der Waals surface area contributed by atoms with Crippen molar-refractivity contribution in [2.45, 2.75) is 26.3 Å². The van der Waals surface area contributed by atoms with Crippen LogP contribution in [0.3, 0.4) is 0 Å². The summed E-state index contributed by atoms with van der Waals surface area (Å²) in [5.41, 5.74) is 0.604. The third kappa shape index (κ3) is 5.47. The fourth-order valence-electron chi connectivity index (χ4n) is 1.52. The molecule has 0 heterocycles. The third-order valence-corrected chi connectivity index (χ3v) is 2.47. The number of nitrogens with zero attached hydrogens (tertiary/aromatic N) is 1. The summed E-state index contributed by atoms with van der Waals surface area (Å²) in [6, 6.07) is 6.01. The number of esters is 1. The molecule has 7 nitrogen and oxygen atoms in total. The highest BCUT2D eigenvalue weighted by Gasteiger charge is 2.09. The first-order valence-electron chi connectivity index (χ1n) is 6.18. The monoisotopic (exact) mass is 280 g/mol. The van der Waals surface area contributed by atoms with Crippen LogP contribution in [0.5, 0.6) is 0 Å². The van der Waals surface area contributed by atoms with E-state index in [2.05, 4.69) is 5.32 Å². The molecule has 0 radical (unpaired) electrons. The molecule has 0 aliphatic rings. The van der Waals surface area contributed by atoms with Gasteiger partial charge in [0.15, 0.2) is 0 Å². The van der Waals surface area contributed by atoms with Gasteiger partial charge in [-0.1, -0.05) is 12.1 Å². The Bertz CT molecular complexity index is 501. The second kappa shape index (κ2) is 7.88. The van der Waals surface area contributed by atoms with E-state index in [0.29, 0.717) is 5.56 Å². The smallest absolute Gasteiger partial charge is 0.306 e. The molecule has 20 heavy (non-hydrogen) atoms. The fourth-order valence-corrected chi connectivity index (χ4v) is 1.52. The summed E-state index contributed by atoms with van der Waals surface area (Å²) < 4.78 is 4.70. The second-order valence-electron chi connectivity index (χ2n) is 4.01. The fraction of sp³-hybridized carbons (Fsp3) is 0.385. The zero-order valence-corrected chi connectivity index (χ0v) is 11.1.